The minimum absolute atomic E-state index is 0.242. The van der Waals surface area contributed by atoms with Gasteiger partial charge in [-0.25, -0.2) is 14.0 Å². The number of hydrogen-bond acceptors (Lipinski definition) is 2. The number of imide groups is 1. The molecule has 0 aromatic heterocycles. The van der Waals surface area contributed by atoms with Gasteiger partial charge in [-0.1, -0.05) is 50.7 Å². The van der Waals surface area contributed by atoms with Crippen LogP contribution in [0.2, 0.25) is 0 Å². The molecule has 2 saturated carbocycles. The molecule has 3 rings (SSSR count). The van der Waals surface area contributed by atoms with E-state index in [1.54, 1.807) is 12.1 Å². The molecule has 2 aliphatic carbocycles. The van der Waals surface area contributed by atoms with Gasteiger partial charge in [0.05, 0.1) is 0 Å². The van der Waals surface area contributed by atoms with Crippen LogP contribution < -0.4 is 10.6 Å². The summed E-state index contributed by atoms with van der Waals surface area (Å²) < 4.78 is 13.0. The number of benzene rings is 1. The fourth-order valence-corrected chi connectivity index (χ4v) is 4.34. The predicted molar refractivity (Wildman–Crippen MR) is 103 cm³/mol. The topological polar surface area (TPSA) is 61.4 Å². The number of hydrogen-bond donors (Lipinski definition) is 2. The molecule has 5 nitrogen and oxygen atoms in total. The molecule has 6 heteroatoms. The van der Waals surface area contributed by atoms with Crippen molar-refractivity contribution in [2.24, 2.45) is 0 Å². The summed E-state index contributed by atoms with van der Waals surface area (Å²) in [7, 11) is 0. The molecule has 0 spiro atoms. The van der Waals surface area contributed by atoms with Gasteiger partial charge in [-0.05, 0) is 43.4 Å². The molecule has 0 radical (unpaired) electrons. The van der Waals surface area contributed by atoms with E-state index in [2.05, 4.69) is 10.6 Å². The second kappa shape index (κ2) is 9.72. The van der Waals surface area contributed by atoms with Gasteiger partial charge in [-0.15, -0.1) is 0 Å². The van der Waals surface area contributed by atoms with Crippen LogP contribution >= 0.6 is 0 Å². The van der Waals surface area contributed by atoms with Crippen LogP contribution in [0.15, 0.2) is 24.3 Å². The first kappa shape index (κ1) is 19.6. The zero-order valence-corrected chi connectivity index (χ0v) is 15.9. The summed E-state index contributed by atoms with van der Waals surface area (Å²) >= 11 is 0. The second-order valence-electron chi connectivity index (χ2n) is 7.73. The number of nitrogens with zero attached hydrogens (tertiary/aromatic N) is 1. The van der Waals surface area contributed by atoms with Crippen LogP contribution in [0.1, 0.15) is 69.8 Å². The van der Waals surface area contributed by atoms with Gasteiger partial charge in [0.2, 0.25) is 0 Å². The zero-order valence-electron chi connectivity index (χ0n) is 15.9. The number of nitrogens with one attached hydrogen (secondary N) is 2. The summed E-state index contributed by atoms with van der Waals surface area (Å²) in [5.74, 6) is -0.311. The SMILES string of the molecule is O=C(NCc1ccc(F)cc1)NC(=O)N(C1CCCCC1)C1CCCCC1. The third kappa shape index (κ3) is 5.68. The van der Waals surface area contributed by atoms with Crippen molar-refractivity contribution in [1.82, 2.24) is 15.5 Å². The molecular weight excluding hydrogens is 345 g/mol. The molecule has 27 heavy (non-hydrogen) atoms. The Balaban J connectivity index is 1.57. The highest BCUT2D eigenvalue weighted by atomic mass is 19.1. The first-order chi connectivity index (χ1) is 13.1. The molecule has 4 amide bonds. The van der Waals surface area contributed by atoms with Crippen molar-refractivity contribution < 1.29 is 14.0 Å². The lowest BCUT2D eigenvalue weighted by Crippen LogP contribution is -2.55. The van der Waals surface area contributed by atoms with Crippen molar-refractivity contribution in [3.63, 3.8) is 0 Å². The molecule has 0 unspecified atom stereocenters. The third-order valence-corrected chi connectivity index (χ3v) is 5.76. The summed E-state index contributed by atoms with van der Waals surface area (Å²) in [6.07, 6.45) is 11.2. The zero-order chi connectivity index (χ0) is 19.1. The van der Waals surface area contributed by atoms with Crippen molar-refractivity contribution in [2.75, 3.05) is 0 Å². The molecule has 2 N–H and O–H groups in total. The maximum Gasteiger partial charge on any atom is 0.325 e. The van der Waals surface area contributed by atoms with E-state index in [1.165, 1.54) is 25.0 Å². The number of carbonyl (C=O) groups is 2. The first-order valence-corrected chi connectivity index (χ1v) is 10.2. The van der Waals surface area contributed by atoms with E-state index in [0.29, 0.717) is 0 Å². The highest BCUT2D eigenvalue weighted by molar-refractivity contribution is 5.93. The molecule has 0 saturated heterocycles. The molecular formula is C21H30FN3O2. The van der Waals surface area contributed by atoms with E-state index < -0.39 is 6.03 Å². The fraction of sp³-hybridized carbons (Fsp3) is 0.619. The van der Waals surface area contributed by atoms with Gasteiger partial charge in [0, 0.05) is 18.6 Å². The number of rotatable bonds is 4. The van der Waals surface area contributed by atoms with Gasteiger partial charge in [0.1, 0.15) is 5.82 Å². The Morgan fingerprint density at radius 2 is 1.41 bits per heavy atom. The molecule has 0 bridgehead atoms. The standard InChI is InChI=1S/C21H30FN3O2/c22-17-13-11-16(12-14-17)15-23-20(26)24-21(27)25(18-7-3-1-4-8-18)19-9-5-2-6-10-19/h11-14,18-19H,1-10,15H2,(H2,23,24,26,27). The number of carbonyl (C=O) groups excluding carboxylic acids is 2. The third-order valence-electron chi connectivity index (χ3n) is 5.76. The molecule has 0 aliphatic heterocycles. The number of urea groups is 2. The van der Waals surface area contributed by atoms with Gasteiger partial charge >= 0.3 is 12.1 Å². The van der Waals surface area contributed by atoms with Crippen molar-refractivity contribution in [3.8, 4) is 0 Å². The summed E-state index contributed by atoms with van der Waals surface area (Å²) in [6, 6.07) is 5.66. The van der Waals surface area contributed by atoms with Crippen molar-refractivity contribution >= 4 is 12.1 Å². The lowest BCUT2D eigenvalue weighted by molar-refractivity contribution is 0.106. The van der Waals surface area contributed by atoms with E-state index in [0.717, 1.165) is 56.9 Å². The van der Waals surface area contributed by atoms with Crippen molar-refractivity contribution in [3.05, 3.63) is 35.6 Å². The second-order valence-corrected chi connectivity index (χ2v) is 7.73. The Bertz CT molecular complexity index is 605. The quantitative estimate of drug-likeness (QED) is 0.800. The highest BCUT2D eigenvalue weighted by Gasteiger charge is 2.33. The summed E-state index contributed by atoms with van der Waals surface area (Å²) in [4.78, 5) is 27.1. The van der Waals surface area contributed by atoms with E-state index in [4.69, 9.17) is 0 Å². The molecule has 2 fully saturated rings. The fourth-order valence-electron chi connectivity index (χ4n) is 4.34. The predicted octanol–water partition coefficient (Wildman–Crippen LogP) is 4.71. The lowest BCUT2D eigenvalue weighted by Gasteiger charge is -2.41. The Kier molecular flexibility index (Phi) is 7.07. The molecule has 0 heterocycles. The normalized spacial score (nSPS) is 18.7. The van der Waals surface area contributed by atoms with E-state index in [1.807, 2.05) is 4.90 Å². The smallest absolute Gasteiger partial charge is 0.325 e. The number of amides is 4. The van der Waals surface area contributed by atoms with Crippen LogP contribution in [0.4, 0.5) is 14.0 Å². The number of halogens is 1. The molecule has 1 aromatic rings. The molecule has 0 atom stereocenters. The van der Waals surface area contributed by atoms with Crippen LogP contribution in [-0.2, 0) is 6.54 Å². The molecule has 2 aliphatic rings. The summed E-state index contributed by atoms with van der Waals surface area (Å²) in [5, 5.41) is 5.21. The van der Waals surface area contributed by atoms with Crippen molar-refractivity contribution in [2.45, 2.75) is 82.8 Å². The van der Waals surface area contributed by atoms with Gasteiger partial charge in [-0.3, -0.25) is 5.32 Å². The molecule has 148 valence electrons. The average Bonchev–Trinajstić information content (AvgIpc) is 2.69. The lowest BCUT2D eigenvalue weighted by atomic mass is 9.89. The Labute approximate surface area is 160 Å². The van der Waals surface area contributed by atoms with E-state index >= 15 is 0 Å². The maximum absolute atomic E-state index is 13.0. The first-order valence-electron chi connectivity index (χ1n) is 10.2. The maximum atomic E-state index is 13.0. The summed E-state index contributed by atoms with van der Waals surface area (Å²) in [5.41, 5.74) is 0.787. The van der Waals surface area contributed by atoms with Crippen LogP contribution in [0.5, 0.6) is 0 Å². The van der Waals surface area contributed by atoms with Gasteiger partial charge in [0.25, 0.3) is 0 Å². The van der Waals surface area contributed by atoms with Crippen LogP contribution in [0.3, 0.4) is 0 Å². The van der Waals surface area contributed by atoms with Crippen LogP contribution in [0, 0.1) is 5.82 Å². The van der Waals surface area contributed by atoms with Gasteiger partial charge < -0.3 is 10.2 Å². The minimum Gasteiger partial charge on any atom is -0.334 e. The Hall–Kier alpha value is -2.11. The van der Waals surface area contributed by atoms with Crippen LogP contribution in [0.25, 0.3) is 0 Å². The van der Waals surface area contributed by atoms with E-state index in [-0.39, 0.29) is 30.5 Å². The monoisotopic (exact) mass is 375 g/mol. The highest BCUT2D eigenvalue weighted by Crippen LogP contribution is 2.30. The average molecular weight is 375 g/mol. The van der Waals surface area contributed by atoms with Gasteiger partial charge in [0.15, 0.2) is 0 Å². The van der Waals surface area contributed by atoms with E-state index in [9.17, 15) is 14.0 Å². The molecule has 1 aromatic carbocycles. The minimum atomic E-state index is -0.499. The van der Waals surface area contributed by atoms with Crippen LogP contribution in [-0.4, -0.2) is 29.0 Å². The van der Waals surface area contributed by atoms with Gasteiger partial charge in [-0.2, -0.15) is 0 Å². The largest absolute Gasteiger partial charge is 0.334 e. The Morgan fingerprint density at radius 3 is 1.93 bits per heavy atom. The summed E-state index contributed by atoms with van der Waals surface area (Å²) in [6.45, 7) is 0.256. The van der Waals surface area contributed by atoms with Crippen molar-refractivity contribution in [1.29, 1.82) is 0 Å². The Morgan fingerprint density at radius 1 is 0.889 bits per heavy atom.